The molecule has 0 atom stereocenters. The summed E-state index contributed by atoms with van der Waals surface area (Å²) in [7, 11) is 1.98. The van der Waals surface area contributed by atoms with Crippen LogP contribution in [0.1, 0.15) is 23.5 Å². The summed E-state index contributed by atoms with van der Waals surface area (Å²) in [4.78, 5) is 4.68. The van der Waals surface area contributed by atoms with Crippen molar-refractivity contribution in [1.82, 2.24) is 10.3 Å². The number of rotatable bonds is 5. The van der Waals surface area contributed by atoms with E-state index < -0.39 is 0 Å². The van der Waals surface area contributed by atoms with Gasteiger partial charge in [0.2, 0.25) is 0 Å². The third kappa shape index (κ3) is 3.54. The normalized spacial score (nSPS) is 17.8. The molecule has 0 aliphatic carbocycles. The molecule has 1 aliphatic heterocycles. The molecule has 1 aliphatic rings. The van der Waals surface area contributed by atoms with Crippen LogP contribution in [-0.2, 0) is 17.6 Å². The zero-order valence-corrected chi connectivity index (χ0v) is 10.7. The summed E-state index contributed by atoms with van der Waals surface area (Å²) in [6.45, 7) is 2.88. The van der Waals surface area contributed by atoms with E-state index in [2.05, 4.69) is 15.7 Å². The quantitative estimate of drug-likeness (QED) is 0.853. The van der Waals surface area contributed by atoms with Crippen LogP contribution in [0.3, 0.4) is 0 Å². The Labute approximate surface area is 101 Å². The molecule has 0 spiro atoms. The van der Waals surface area contributed by atoms with Crippen molar-refractivity contribution in [2.45, 2.75) is 25.7 Å². The van der Waals surface area contributed by atoms with Crippen LogP contribution in [0.4, 0.5) is 0 Å². The van der Waals surface area contributed by atoms with E-state index >= 15 is 0 Å². The minimum atomic E-state index is 0.789. The van der Waals surface area contributed by atoms with Crippen LogP contribution in [0.2, 0.25) is 0 Å². The minimum absolute atomic E-state index is 0.789. The number of nitrogens with one attached hydrogen (secondary N) is 1. The second-order valence-corrected chi connectivity index (χ2v) is 5.29. The van der Waals surface area contributed by atoms with Crippen molar-refractivity contribution >= 4 is 11.3 Å². The van der Waals surface area contributed by atoms with Gasteiger partial charge in [0.1, 0.15) is 0 Å². The van der Waals surface area contributed by atoms with Crippen molar-refractivity contribution in [1.29, 1.82) is 0 Å². The molecule has 3 nitrogen and oxygen atoms in total. The Balaban J connectivity index is 1.81. The third-order valence-corrected chi connectivity index (χ3v) is 3.95. The van der Waals surface area contributed by atoms with Crippen LogP contribution < -0.4 is 5.32 Å². The Hall–Kier alpha value is -0.450. The van der Waals surface area contributed by atoms with E-state index in [-0.39, 0.29) is 0 Å². The first-order valence-corrected chi connectivity index (χ1v) is 6.92. The van der Waals surface area contributed by atoms with Crippen molar-refractivity contribution in [3.05, 3.63) is 16.1 Å². The first-order chi connectivity index (χ1) is 7.88. The van der Waals surface area contributed by atoms with E-state index in [0.29, 0.717) is 0 Å². The van der Waals surface area contributed by atoms with E-state index in [1.807, 2.05) is 18.4 Å². The molecule has 1 saturated heterocycles. The van der Waals surface area contributed by atoms with Gasteiger partial charge in [0.15, 0.2) is 0 Å². The lowest BCUT2D eigenvalue weighted by Gasteiger charge is -2.20. The third-order valence-electron chi connectivity index (χ3n) is 3.03. The number of likely N-dealkylation sites (N-methyl/N-ethyl adjacent to an activating group) is 1. The molecule has 1 aromatic heterocycles. The summed E-state index contributed by atoms with van der Waals surface area (Å²) in [6, 6.07) is 0. The summed E-state index contributed by atoms with van der Waals surface area (Å²) < 4.78 is 5.37. The predicted octanol–water partition coefficient (Wildman–Crippen LogP) is 1.87. The summed E-state index contributed by atoms with van der Waals surface area (Å²) in [6.07, 6.45) is 4.59. The highest BCUT2D eigenvalue weighted by Crippen LogP contribution is 2.22. The summed E-state index contributed by atoms with van der Waals surface area (Å²) in [5, 5.41) is 6.66. The van der Waals surface area contributed by atoms with Gasteiger partial charge in [-0.05, 0) is 25.8 Å². The van der Waals surface area contributed by atoms with Crippen LogP contribution in [0.15, 0.2) is 5.38 Å². The fourth-order valence-corrected chi connectivity index (χ4v) is 2.95. The summed E-state index contributed by atoms with van der Waals surface area (Å²) in [5.41, 5.74) is 1.24. The molecule has 0 saturated carbocycles. The average Bonchev–Trinajstić information content (AvgIpc) is 2.75. The zero-order chi connectivity index (χ0) is 11.2. The van der Waals surface area contributed by atoms with Crippen molar-refractivity contribution in [3.8, 4) is 0 Å². The number of ether oxygens (including phenoxy) is 1. The summed E-state index contributed by atoms with van der Waals surface area (Å²) in [5.74, 6) is 0.789. The lowest BCUT2D eigenvalue weighted by molar-refractivity contribution is 0.0665. The lowest BCUT2D eigenvalue weighted by Crippen LogP contribution is -2.17. The highest BCUT2D eigenvalue weighted by Gasteiger charge is 2.15. The Kier molecular flexibility index (Phi) is 4.75. The van der Waals surface area contributed by atoms with Gasteiger partial charge >= 0.3 is 0 Å². The number of nitrogens with zero attached hydrogens (tertiary/aromatic N) is 1. The van der Waals surface area contributed by atoms with Gasteiger partial charge < -0.3 is 10.1 Å². The molecule has 90 valence electrons. The molecule has 2 rings (SSSR count). The van der Waals surface area contributed by atoms with Gasteiger partial charge in [-0.1, -0.05) is 0 Å². The van der Waals surface area contributed by atoms with Gasteiger partial charge in [-0.2, -0.15) is 0 Å². The number of hydrogen-bond acceptors (Lipinski definition) is 4. The van der Waals surface area contributed by atoms with Crippen molar-refractivity contribution in [2.24, 2.45) is 5.92 Å². The molecule has 0 amide bonds. The van der Waals surface area contributed by atoms with Gasteiger partial charge in [0.05, 0.1) is 10.7 Å². The Morgan fingerprint density at radius 2 is 2.31 bits per heavy atom. The first kappa shape index (κ1) is 12.0. The van der Waals surface area contributed by atoms with Crippen molar-refractivity contribution < 1.29 is 4.74 Å². The van der Waals surface area contributed by atoms with Crippen molar-refractivity contribution in [3.63, 3.8) is 0 Å². The number of hydrogen-bond donors (Lipinski definition) is 1. The van der Waals surface area contributed by atoms with E-state index in [1.165, 1.54) is 23.5 Å². The highest BCUT2D eigenvalue weighted by molar-refractivity contribution is 7.09. The second-order valence-electron chi connectivity index (χ2n) is 4.35. The smallest absolute Gasteiger partial charge is 0.0931 e. The van der Waals surface area contributed by atoms with Gasteiger partial charge in [-0.15, -0.1) is 11.3 Å². The maximum absolute atomic E-state index is 5.37. The summed E-state index contributed by atoms with van der Waals surface area (Å²) >= 11 is 1.81. The Morgan fingerprint density at radius 3 is 3.06 bits per heavy atom. The molecule has 0 unspecified atom stereocenters. The fourth-order valence-electron chi connectivity index (χ4n) is 2.01. The maximum Gasteiger partial charge on any atom is 0.0931 e. The number of thiazole rings is 1. The molecular formula is C12H20N2OS. The molecule has 0 aromatic carbocycles. The van der Waals surface area contributed by atoms with Gasteiger partial charge in [0.25, 0.3) is 0 Å². The van der Waals surface area contributed by atoms with E-state index in [1.54, 1.807) is 0 Å². The SMILES string of the molecule is CNCCc1csc(CC2CCOCC2)n1. The zero-order valence-electron chi connectivity index (χ0n) is 9.87. The molecule has 1 fully saturated rings. The first-order valence-electron chi connectivity index (χ1n) is 6.04. The fraction of sp³-hybridized carbons (Fsp3) is 0.750. The van der Waals surface area contributed by atoms with Gasteiger partial charge in [-0.3, -0.25) is 0 Å². The Morgan fingerprint density at radius 1 is 1.50 bits per heavy atom. The van der Waals surface area contributed by atoms with Crippen LogP contribution in [0, 0.1) is 5.92 Å². The number of aromatic nitrogens is 1. The van der Waals surface area contributed by atoms with Gasteiger partial charge in [0, 0.05) is 38.0 Å². The predicted molar refractivity (Wildman–Crippen MR) is 67.0 cm³/mol. The molecule has 16 heavy (non-hydrogen) atoms. The lowest BCUT2D eigenvalue weighted by atomic mass is 9.97. The van der Waals surface area contributed by atoms with E-state index in [4.69, 9.17) is 4.74 Å². The van der Waals surface area contributed by atoms with E-state index in [9.17, 15) is 0 Å². The Bertz CT molecular complexity index is 308. The standard InChI is InChI=1S/C12H20N2OS/c1-13-5-2-11-9-16-12(14-11)8-10-3-6-15-7-4-10/h9-10,13H,2-8H2,1H3. The van der Waals surface area contributed by atoms with Gasteiger partial charge in [-0.25, -0.2) is 4.98 Å². The molecule has 4 heteroatoms. The molecule has 0 bridgehead atoms. The maximum atomic E-state index is 5.37. The molecule has 1 N–H and O–H groups in total. The molecular weight excluding hydrogens is 220 g/mol. The second kappa shape index (κ2) is 6.33. The average molecular weight is 240 g/mol. The molecule has 2 heterocycles. The monoisotopic (exact) mass is 240 g/mol. The van der Waals surface area contributed by atoms with E-state index in [0.717, 1.165) is 38.5 Å². The largest absolute Gasteiger partial charge is 0.381 e. The van der Waals surface area contributed by atoms with Crippen LogP contribution in [0.25, 0.3) is 0 Å². The molecule has 0 radical (unpaired) electrons. The van der Waals surface area contributed by atoms with Crippen LogP contribution in [0.5, 0.6) is 0 Å². The minimum Gasteiger partial charge on any atom is -0.381 e. The molecule has 1 aromatic rings. The van der Waals surface area contributed by atoms with Crippen LogP contribution >= 0.6 is 11.3 Å². The van der Waals surface area contributed by atoms with Crippen LogP contribution in [-0.4, -0.2) is 31.8 Å². The highest BCUT2D eigenvalue weighted by atomic mass is 32.1. The topological polar surface area (TPSA) is 34.1 Å². The van der Waals surface area contributed by atoms with Crippen molar-refractivity contribution in [2.75, 3.05) is 26.8 Å².